The monoisotopic (exact) mass is 450 g/mol. The zero-order chi connectivity index (χ0) is 22.1. The number of fused-ring (bicyclic) bond motifs is 2. The Kier molecular flexibility index (Phi) is 5.22. The van der Waals surface area contributed by atoms with Crippen LogP contribution in [0.25, 0.3) is 0 Å². The van der Waals surface area contributed by atoms with E-state index in [0.29, 0.717) is 36.0 Å². The van der Waals surface area contributed by atoms with E-state index < -0.39 is 10.0 Å². The van der Waals surface area contributed by atoms with Crippen LogP contribution in [0.5, 0.6) is 11.5 Å². The van der Waals surface area contributed by atoms with Crippen LogP contribution in [-0.4, -0.2) is 27.5 Å². The van der Waals surface area contributed by atoms with E-state index in [0.717, 1.165) is 18.4 Å². The van der Waals surface area contributed by atoms with Crippen LogP contribution in [0.1, 0.15) is 33.9 Å². The number of hydrogen-bond donors (Lipinski definition) is 2. The van der Waals surface area contributed by atoms with Crippen molar-refractivity contribution < 1.29 is 22.7 Å². The molecule has 3 aromatic rings. The predicted molar refractivity (Wildman–Crippen MR) is 120 cm³/mol. The maximum atomic E-state index is 12.9. The van der Waals surface area contributed by atoms with Crippen molar-refractivity contribution in [2.75, 3.05) is 17.9 Å². The summed E-state index contributed by atoms with van der Waals surface area (Å²) in [7, 11) is -3.87. The Labute approximate surface area is 186 Å². The van der Waals surface area contributed by atoms with E-state index in [9.17, 15) is 13.2 Å². The molecule has 5 rings (SSSR count). The van der Waals surface area contributed by atoms with Crippen LogP contribution in [-0.2, 0) is 16.4 Å². The quantitative estimate of drug-likeness (QED) is 0.619. The lowest BCUT2D eigenvalue weighted by molar-refractivity contribution is 0.0936. The summed E-state index contributed by atoms with van der Waals surface area (Å²) in [5.41, 5.74) is 3.08. The fourth-order valence-corrected chi connectivity index (χ4v) is 5.14. The Morgan fingerprint density at radius 3 is 2.59 bits per heavy atom. The number of hydrogen-bond acceptors (Lipinski definition) is 5. The zero-order valence-corrected chi connectivity index (χ0v) is 18.0. The van der Waals surface area contributed by atoms with Gasteiger partial charge in [0.05, 0.1) is 10.9 Å². The number of nitrogens with one attached hydrogen (secondary N) is 2. The van der Waals surface area contributed by atoms with Gasteiger partial charge in [-0.05, 0) is 54.3 Å². The Balaban J connectivity index is 1.32. The molecule has 0 saturated heterocycles. The molecule has 2 aliphatic rings. The second-order valence-electron chi connectivity index (χ2n) is 7.76. The molecule has 0 aromatic heterocycles. The van der Waals surface area contributed by atoms with Crippen molar-refractivity contribution in [2.45, 2.75) is 23.8 Å². The minimum atomic E-state index is -3.87. The van der Waals surface area contributed by atoms with Crippen molar-refractivity contribution in [2.24, 2.45) is 0 Å². The summed E-state index contributed by atoms with van der Waals surface area (Å²) in [6.07, 6.45) is 1.78. The first-order valence-electron chi connectivity index (χ1n) is 10.4. The lowest BCUT2D eigenvalue weighted by Crippen LogP contribution is -2.27. The third-order valence-electron chi connectivity index (χ3n) is 5.64. The second kappa shape index (κ2) is 8.20. The van der Waals surface area contributed by atoms with Gasteiger partial charge < -0.3 is 14.8 Å². The first-order chi connectivity index (χ1) is 15.5. The number of benzene rings is 3. The summed E-state index contributed by atoms with van der Waals surface area (Å²) in [6, 6.07) is 19.0. The summed E-state index contributed by atoms with van der Waals surface area (Å²) < 4.78 is 39.2. The van der Waals surface area contributed by atoms with Gasteiger partial charge in [0, 0.05) is 17.3 Å². The molecular formula is C24H22N2O5S. The molecule has 1 atom stereocenters. The minimum Gasteiger partial charge on any atom is -0.486 e. The van der Waals surface area contributed by atoms with Crippen molar-refractivity contribution in [3.63, 3.8) is 0 Å². The Hall–Kier alpha value is -3.52. The highest BCUT2D eigenvalue weighted by Crippen LogP contribution is 2.33. The van der Waals surface area contributed by atoms with Crippen LogP contribution in [0, 0.1) is 0 Å². The molecule has 2 N–H and O–H groups in total. The van der Waals surface area contributed by atoms with Gasteiger partial charge in [-0.1, -0.05) is 30.3 Å². The number of anilines is 1. The summed E-state index contributed by atoms with van der Waals surface area (Å²) in [5.74, 6) is 0.665. The number of amides is 1. The molecular weight excluding hydrogens is 428 g/mol. The van der Waals surface area contributed by atoms with Gasteiger partial charge in [-0.25, -0.2) is 8.42 Å². The van der Waals surface area contributed by atoms with Crippen LogP contribution in [0.4, 0.5) is 5.69 Å². The van der Waals surface area contributed by atoms with Gasteiger partial charge in [0.1, 0.15) is 13.2 Å². The number of carbonyl (C=O) groups excluding carboxylic acids is 1. The van der Waals surface area contributed by atoms with Crippen LogP contribution in [0.2, 0.25) is 0 Å². The third kappa shape index (κ3) is 4.01. The fourth-order valence-electron chi connectivity index (χ4n) is 4.08. The van der Waals surface area contributed by atoms with E-state index in [1.807, 2.05) is 18.2 Å². The fraction of sp³-hybridized carbons (Fsp3) is 0.208. The largest absolute Gasteiger partial charge is 0.486 e. The number of aryl methyl sites for hydroxylation is 1. The van der Waals surface area contributed by atoms with E-state index >= 15 is 0 Å². The predicted octanol–water partition coefficient (Wildman–Crippen LogP) is 3.68. The van der Waals surface area contributed by atoms with Gasteiger partial charge in [-0.2, -0.15) is 0 Å². The summed E-state index contributed by atoms with van der Waals surface area (Å²) in [4.78, 5) is 12.9. The van der Waals surface area contributed by atoms with Crippen LogP contribution >= 0.6 is 0 Å². The first kappa shape index (κ1) is 20.4. The average Bonchev–Trinajstić information content (AvgIpc) is 3.21. The zero-order valence-electron chi connectivity index (χ0n) is 17.2. The molecule has 0 fully saturated rings. The molecule has 0 bridgehead atoms. The molecule has 8 heteroatoms. The van der Waals surface area contributed by atoms with Gasteiger partial charge in [0.25, 0.3) is 15.9 Å². The molecule has 1 unspecified atom stereocenters. The Morgan fingerprint density at radius 2 is 1.72 bits per heavy atom. The molecule has 1 heterocycles. The van der Waals surface area contributed by atoms with E-state index in [2.05, 4.69) is 16.1 Å². The molecule has 1 aliphatic carbocycles. The first-order valence-corrected chi connectivity index (χ1v) is 11.9. The molecule has 1 aliphatic heterocycles. The molecule has 0 saturated carbocycles. The lowest BCUT2D eigenvalue weighted by Gasteiger charge is -2.19. The van der Waals surface area contributed by atoms with Crippen molar-refractivity contribution in [1.29, 1.82) is 0 Å². The van der Waals surface area contributed by atoms with Gasteiger partial charge in [0.2, 0.25) is 0 Å². The van der Waals surface area contributed by atoms with Crippen molar-refractivity contribution in [1.82, 2.24) is 5.32 Å². The molecule has 0 radical (unpaired) electrons. The van der Waals surface area contributed by atoms with Gasteiger partial charge in [-0.15, -0.1) is 0 Å². The highest BCUT2D eigenvalue weighted by molar-refractivity contribution is 7.92. The van der Waals surface area contributed by atoms with Gasteiger partial charge in [0.15, 0.2) is 11.5 Å². The van der Waals surface area contributed by atoms with Crippen molar-refractivity contribution in [3.05, 3.63) is 83.4 Å². The Bertz CT molecular complexity index is 1290. The number of rotatable bonds is 5. The van der Waals surface area contributed by atoms with Crippen molar-refractivity contribution >= 4 is 21.6 Å². The molecule has 1 amide bonds. The SMILES string of the molecule is O=C(NC1CCc2ccccc21)c1cccc(NS(=O)(=O)c2ccc3c(c2)OCCO3)c1. The van der Waals surface area contributed by atoms with E-state index in [1.165, 1.54) is 23.8 Å². The molecule has 7 nitrogen and oxygen atoms in total. The van der Waals surface area contributed by atoms with E-state index in [1.54, 1.807) is 24.3 Å². The Morgan fingerprint density at radius 1 is 0.906 bits per heavy atom. The molecule has 164 valence electrons. The number of carbonyl (C=O) groups is 1. The normalized spacial score (nSPS) is 16.8. The number of ether oxygens (including phenoxy) is 2. The van der Waals surface area contributed by atoms with Crippen LogP contribution < -0.4 is 19.5 Å². The third-order valence-corrected chi connectivity index (χ3v) is 7.02. The minimum absolute atomic E-state index is 0.0447. The highest BCUT2D eigenvalue weighted by Gasteiger charge is 2.24. The van der Waals surface area contributed by atoms with E-state index in [-0.39, 0.29) is 16.8 Å². The lowest BCUT2D eigenvalue weighted by atomic mass is 10.1. The average molecular weight is 451 g/mol. The number of sulfonamides is 1. The van der Waals surface area contributed by atoms with Crippen LogP contribution in [0.3, 0.4) is 0 Å². The maximum absolute atomic E-state index is 12.9. The highest BCUT2D eigenvalue weighted by atomic mass is 32.2. The molecule has 32 heavy (non-hydrogen) atoms. The van der Waals surface area contributed by atoms with Gasteiger partial charge in [-0.3, -0.25) is 9.52 Å². The van der Waals surface area contributed by atoms with Gasteiger partial charge >= 0.3 is 0 Å². The summed E-state index contributed by atoms with van der Waals surface area (Å²) in [5, 5.41) is 3.06. The summed E-state index contributed by atoms with van der Waals surface area (Å²) >= 11 is 0. The maximum Gasteiger partial charge on any atom is 0.262 e. The molecule has 3 aromatic carbocycles. The van der Waals surface area contributed by atoms with E-state index in [4.69, 9.17) is 9.47 Å². The smallest absolute Gasteiger partial charge is 0.262 e. The van der Waals surface area contributed by atoms with Crippen LogP contribution in [0.15, 0.2) is 71.6 Å². The second-order valence-corrected chi connectivity index (χ2v) is 9.44. The summed E-state index contributed by atoms with van der Waals surface area (Å²) in [6.45, 7) is 0.797. The van der Waals surface area contributed by atoms with Crippen molar-refractivity contribution in [3.8, 4) is 11.5 Å². The topological polar surface area (TPSA) is 93.7 Å². The standard InChI is InChI=1S/C24H22N2O5S/c27-24(25-21-10-8-16-4-1-2-7-20(16)21)17-5-3-6-18(14-17)26-32(28,29)19-9-11-22-23(15-19)31-13-12-30-22/h1-7,9,11,14-15,21,26H,8,10,12-13H2,(H,25,27). The molecule has 0 spiro atoms.